The summed E-state index contributed by atoms with van der Waals surface area (Å²) >= 11 is 5.75. The number of carbonyl (C=O) groups is 1. The fourth-order valence-electron chi connectivity index (χ4n) is 1.67. The monoisotopic (exact) mass is 259 g/mol. The van der Waals surface area contributed by atoms with Crippen LogP contribution < -0.4 is 23.0 Å². The van der Waals surface area contributed by atoms with E-state index in [1.807, 2.05) is 0 Å². The van der Waals surface area contributed by atoms with Gasteiger partial charge in [0.1, 0.15) is 0 Å². The number of rotatable bonds is 2. The van der Waals surface area contributed by atoms with E-state index in [1.54, 1.807) is 24.3 Å². The van der Waals surface area contributed by atoms with Gasteiger partial charge in [0.15, 0.2) is 0 Å². The van der Waals surface area contributed by atoms with E-state index in [-0.39, 0.29) is 24.4 Å². The van der Waals surface area contributed by atoms with Gasteiger partial charge in [-0.3, -0.25) is 4.79 Å². The van der Waals surface area contributed by atoms with Gasteiger partial charge in [-0.2, -0.15) is 0 Å². The Bertz CT molecular complexity index is 348. The first-order valence-electron chi connectivity index (χ1n) is 5.05. The van der Waals surface area contributed by atoms with Gasteiger partial charge in [0.05, 0.1) is 6.04 Å². The molecule has 1 saturated heterocycles. The third-order valence-corrected chi connectivity index (χ3v) is 2.74. The summed E-state index contributed by atoms with van der Waals surface area (Å²) in [6.07, 6.45) is 1.98. The SMILES string of the molecule is O=C(Nc1ccc(Cl)cc1)[C@@H]1CCCN1.[Cl-]. The summed E-state index contributed by atoms with van der Waals surface area (Å²) in [7, 11) is 0. The van der Waals surface area contributed by atoms with Gasteiger partial charge in [0.25, 0.3) is 0 Å². The molecule has 0 unspecified atom stereocenters. The Balaban J connectivity index is 0.00000128. The van der Waals surface area contributed by atoms with Crippen LogP contribution in [0.4, 0.5) is 5.69 Å². The summed E-state index contributed by atoms with van der Waals surface area (Å²) in [5.41, 5.74) is 0.790. The average Bonchev–Trinajstić information content (AvgIpc) is 2.74. The van der Waals surface area contributed by atoms with E-state index in [9.17, 15) is 4.79 Å². The van der Waals surface area contributed by atoms with Gasteiger partial charge in [-0.05, 0) is 43.7 Å². The number of anilines is 1. The van der Waals surface area contributed by atoms with Gasteiger partial charge in [-0.25, -0.2) is 0 Å². The third-order valence-electron chi connectivity index (χ3n) is 2.49. The van der Waals surface area contributed by atoms with E-state index in [0.717, 1.165) is 25.1 Å². The Morgan fingerprint density at radius 3 is 2.62 bits per heavy atom. The van der Waals surface area contributed by atoms with E-state index < -0.39 is 0 Å². The second-order valence-electron chi connectivity index (χ2n) is 3.65. The smallest absolute Gasteiger partial charge is 0.241 e. The number of hydrogen-bond acceptors (Lipinski definition) is 2. The summed E-state index contributed by atoms with van der Waals surface area (Å²) in [6, 6.07) is 7.09. The molecule has 1 amide bonds. The van der Waals surface area contributed by atoms with Crippen LogP contribution in [-0.2, 0) is 4.79 Å². The first kappa shape index (κ1) is 13.3. The second-order valence-corrected chi connectivity index (χ2v) is 4.08. The van der Waals surface area contributed by atoms with Gasteiger partial charge in [-0.15, -0.1) is 0 Å². The molecule has 1 aliphatic heterocycles. The average molecular weight is 260 g/mol. The molecule has 1 heterocycles. The molecule has 16 heavy (non-hydrogen) atoms. The van der Waals surface area contributed by atoms with Crippen molar-refractivity contribution in [1.29, 1.82) is 0 Å². The van der Waals surface area contributed by atoms with Crippen LogP contribution in [0.15, 0.2) is 24.3 Å². The van der Waals surface area contributed by atoms with Crippen LogP contribution in [-0.4, -0.2) is 18.5 Å². The molecule has 1 fully saturated rings. The van der Waals surface area contributed by atoms with Crippen LogP contribution >= 0.6 is 11.6 Å². The van der Waals surface area contributed by atoms with Crippen molar-refractivity contribution in [2.75, 3.05) is 11.9 Å². The largest absolute Gasteiger partial charge is 1.00 e. The van der Waals surface area contributed by atoms with Crippen LogP contribution in [0.5, 0.6) is 0 Å². The van der Waals surface area contributed by atoms with E-state index in [1.165, 1.54) is 0 Å². The molecule has 2 rings (SSSR count). The highest BCUT2D eigenvalue weighted by Gasteiger charge is 2.21. The minimum Gasteiger partial charge on any atom is -1.00 e. The first-order chi connectivity index (χ1) is 7.25. The zero-order valence-corrected chi connectivity index (χ0v) is 10.2. The minimum atomic E-state index is -0.0410. The number of hydrogen-bond donors (Lipinski definition) is 2. The minimum absolute atomic E-state index is 0. The molecule has 0 radical (unpaired) electrons. The van der Waals surface area contributed by atoms with Gasteiger partial charge < -0.3 is 23.0 Å². The molecule has 0 spiro atoms. The molecule has 1 aromatic rings. The second kappa shape index (κ2) is 6.09. The molecule has 1 aromatic carbocycles. The van der Waals surface area contributed by atoms with Crippen LogP contribution in [0.3, 0.4) is 0 Å². The first-order valence-corrected chi connectivity index (χ1v) is 5.43. The van der Waals surface area contributed by atoms with Crippen molar-refractivity contribution >= 4 is 23.2 Å². The standard InChI is InChI=1S/C11H13ClN2O.ClH/c12-8-3-5-9(6-4-8)14-11(15)10-2-1-7-13-10;/h3-6,10,13H,1-2,7H2,(H,14,15);1H/p-1/t10-;/m0./s1. The van der Waals surface area contributed by atoms with E-state index >= 15 is 0 Å². The molecule has 2 N–H and O–H groups in total. The lowest BCUT2D eigenvalue weighted by Gasteiger charge is -2.10. The molecule has 0 aromatic heterocycles. The van der Waals surface area contributed by atoms with Crippen molar-refractivity contribution in [2.45, 2.75) is 18.9 Å². The van der Waals surface area contributed by atoms with Gasteiger partial charge in [0.2, 0.25) is 5.91 Å². The lowest BCUT2D eigenvalue weighted by Crippen LogP contribution is -3.00. The molecule has 0 bridgehead atoms. The zero-order valence-electron chi connectivity index (χ0n) is 8.67. The summed E-state index contributed by atoms with van der Waals surface area (Å²) in [6.45, 7) is 0.929. The maximum atomic E-state index is 11.7. The Kier molecular flexibility index (Phi) is 5.06. The Hall–Kier alpha value is -0.770. The lowest BCUT2D eigenvalue weighted by molar-refractivity contribution is -0.117. The fourth-order valence-corrected chi connectivity index (χ4v) is 1.80. The maximum absolute atomic E-state index is 11.7. The Morgan fingerprint density at radius 2 is 2.06 bits per heavy atom. The van der Waals surface area contributed by atoms with E-state index in [4.69, 9.17) is 11.6 Å². The molecule has 1 atom stereocenters. The molecular weight excluding hydrogens is 247 g/mol. The number of halogens is 2. The third kappa shape index (κ3) is 3.37. The van der Waals surface area contributed by atoms with Crippen LogP contribution in [0.1, 0.15) is 12.8 Å². The topological polar surface area (TPSA) is 41.1 Å². The molecule has 1 aliphatic rings. The molecule has 3 nitrogen and oxygen atoms in total. The van der Waals surface area contributed by atoms with Crippen molar-refractivity contribution in [3.8, 4) is 0 Å². The van der Waals surface area contributed by atoms with E-state index in [2.05, 4.69) is 10.6 Å². The predicted octanol–water partition coefficient (Wildman–Crippen LogP) is -0.965. The van der Waals surface area contributed by atoms with Crippen molar-refractivity contribution < 1.29 is 17.2 Å². The number of nitrogens with one attached hydrogen (secondary N) is 2. The van der Waals surface area contributed by atoms with Gasteiger partial charge >= 0.3 is 0 Å². The van der Waals surface area contributed by atoms with Gasteiger partial charge in [-0.1, -0.05) is 11.6 Å². The summed E-state index contributed by atoms with van der Waals surface area (Å²) in [4.78, 5) is 11.7. The van der Waals surface area contributed by atoms with Gasteiger partial charge in [0, 0.05) is 10.7 Å². The molecule has 0 saturated carbocycles. The fraction of sp³-hybridized carbons (Fsp3) is 0.364. The Morgan fingerprint density at radius 1 is 1.38 bits per heavy atom. The zero-order chi connectivity index (χ0) is 10.7. The molecule has 0 aliphatic carbocycles. The van der Waals surface area contributed by atoms with Crippen LogP contribution in [0, 0.1) is 0 Å². The predicted molar refractivity (Wildman–Crippen MR) is 61.1 cm³/mol. The van der Waals surface area contributed by atoms with Crippen molar-refractivity contribution in [1.82, 2.24) is 5.32 Å². The van der Waals surface area contributed by atoms with Crippen molar-refractivity contribution in [3.05, 3.63) is 29.3 Å². The number of amides is 1. The Labute approximate surface area is 106 Å². The van der Waals surface area contributed by atoms with Crippen molar-refractivity contribution in [2.24, 2.45) is 0 Å². The highest BCUT2D eigenvalue weighted by atomic mass is 35.5. The molecule has 5 heteroatoms. The highest BCUT2D eigenvalue weighted by Crippen LogP contribution is 2.14. The summed E-state index contributed by atoms with van der Waals surface area (Å²) in [5, 5.41) is 6.67. The van der Waals surface area contributed by atoms with Crippen LogP contribution in [0.25, 0.3) is 0 Å². The summed E-state index contributed by atoms with van der Waals surface area (Å²) in [5.74, 6) is 0.0369. The van der Waals surface area contributed by atoms with Crippen molar-refractivity contribution in [3.63, 3.8) is 0 Å². The highest BCUT2D eigenvalue weighted by molar-refractivity contribution is 6.30. The lowest BCUT2D eigenvalue weighted by atomic mass is 10.2. The maximum Gasteiger partial charge on any atom is 0.241 e. The van der Waals surface area contributed by atoms with Crippen LogP contribution in [0.2, 0.25) is 5.02 Å². The summed E-state index contributed by atoms with van der Waals surface area (Å²) < 4.78 is 0. The molecule has 88 valence electrons. The quantitative estimate of drug-likeness (QED) is 0.718. The number of benzene rings is 1. The van der Waals surface area contributed by atoms with E-state index in [0.29, 0.717) is 5.02 Å². The number of carbonyl (C=O) groups excluding carboxylic acids is 1. The normalized spacial score (nSPS) is 18.9. The molecular formula is C11H13Cl2N2O-.